The first-order valence-corrected chi connectivity index (χ1v) is 7.32. The van der Waals surface area contributed by atoms with Gasteiger partial charge in [0.15, 0.2) is 0 Å². The molecule has 0 amide bonds. The molecule has 0 spiro atoms. The second kappa shape index (κ2) is 5.85. The number of thioether (sulfide) groups is 1. The summed E-state index contributed by atoms with van der Waals surface area (Å²) in [5, 5.41) is 13.2. The summed E-state index contributed by atoms with van der Waals surface area (Å²) in [5.74, 6) is 2.38. The predicted molar refractivity (Wildman–Crippen MR) is 76.5 cm³/mol. The van der Waals surface area contributed by atoms with Gasteiger partial charge in [-0.25, -0.2) is 0 Å². The molecule has 1 aliphatic heterocycles. The summed E-state index contributed by atoms with van der Waals surface area (Å²) in [7, 11) is 1.64. The molecule has 1 aromatic carbocycles. The number of aromatic hydroxyl groups is 1. The van der Waals surface area contributed by atoms with Crippen molar-refractivity contribution >= 4 is 11.8 Å². The fourth-order valence-electron chi connectivity index (χ4n) is 2.27. The van der Waals surface area contributed by atoms with Crippen LogP contribution in [0.4, 0.5) is 0 Å². The van der Waals surface area contributed by atoms with Gasteiger partial charge >= 0.3 is 0 Å². The van der Waals surface area contributed by atoms with Crippen LogP contribution in [0.5, 0.6) is 11.5 Å². The maximum absolute atomic E-state index is 9.79. The van der Waals surface area contributed by atoms with Crippen LogP contribution in [0.15, 0.2) is 18.2 Å². The number of hydrogen-bond donors (Lipinski definition) is 2. The highest BCUT2D eigenvalue weighted by Crippen LogP contribution is 2.37. The molecule has 1 aromatic rings. The van der Waals surface area contributed by atoms with Gasteiger partial charge in [-0.05, 0) is 43.7 Å². The van der Waals surface area contributed by atoms with E-state index in [0.717, 1.165) is 17.9 Å². The number of phenols is 1. The van der Waals surface area contributed by atoms with Gasteiger partial charge in [0.05, 0.1) is 7.11 Å². The molecule has 1 atom stereocenters. The van der Waals surface area contributed by atoms with Gasteiger partial charge in [0.25, 0.3) is 0 Å². The van der Waals surface area contributed by atoms with Gasteiger partial charge in [0.2, 0.25) is 0 Å². The standard InChI is InChI=1S/C14H21NO2S/c1-14(6-3-7-18-14)10-15-9-11-8-12(17-2)4-5-13(11)16/h4-5,8,15-16H,3,6-7,9-10H2,1-2H3. The molecule has 18 heavy (non-hydrogen) atoms. The van der Waals surface area contributed by atoms with Crippen molar-refractivity contribution in [2.75, 3.05) is 19.4 Å². The molecule has 4 heteroatoms. The molecule has 1 unspecified atom stereocenters. The number of ether oxygens (including phenoxy) is 1. The normalized spacial score (nSPS) is 23.2. The quantitative estimate of drug-likeness (QED) is 0.861. The lowest BCUT2D eigenvalue weighted by Gasteiger charge is -2.23. The van der Waals surface area contributed by atoms with Crippen LogP contribution in [0, 0.1) is 0 Å². The molecular weight excluding hydrogens is 246 g/mol. The van der Waals surface area contributed by atoms with Crippen molar-refractivity contribution in [3.8, 4) is 11.5 Å². The van der Waals surface area contributed by atoms with Gasteiger partial charge in [0, 0.05) is 23.4 Å². The highest BCUT2D eigenvalue weighted by molar-refractivity contribution is 8.00. The van der Waals surface area contributed by atoms with E-state index in [1.807, 2.05) is 17.8 Å². The molecule has 2 N–H and O–H groups in total. The minimum Gasteiger partial charge on any atom is -0.508 e. The van der Waals surface area contributed by atoms with Crippen LogP contribution in [0.3, 0.4) is 0 Å². The number of benzene rings is 1. The summed E-state index contributed by atoms with van der Waals surface area (Å²) < 4.78 is 5.52. The predicted octanol–water partition coefficient (Wildman–Crippen LogP) is 2.78. The Bertz CT molecular complexity index is 403. The zero-order valence-electron chi connectivity index (χ0n) is 11.0. The van der Waals surface area contributed by atoms with E-state index in [0.29, 0.717) is 17.0 Å². The minimum atomic E-state index is 0.326. The average molecular weight is 267 g/mol. The molecule has 1 fully saturated rings. The van der Waals surface area contributed by atoms with Gasteiger partial charge < -0.3 is 15.2 Å². The van der Waals surface area contributed by atoms with Gasteiger partial charge in [-0.3, -0.25) is 0 Å². The van der Waals surface area contributed by atoms with Crippen LogP contribution >= 0.6 is 11.8 Å². The molecule has 0 radical (unpaired) electrons. The van der Waals surface area contributed by atoms with Crippen molar-refractivity contribution in [3.05, 3.63) is 23.8 Å². The SMILES string of the molecule is COc1ccc(O)c(CNCC2(C)CCCS2)c1. The molecule has 0 bridgehead atoms. The molecule has 0 aliphatic carbocycles. The Morgan fingerprint density at radius 3 is 3.00 bits per heavy atom. The third kappa shape index (κ3) is 3.33. The largest absolute Gasteiger partial charge is 0.508 e. The van der Waals surface area contributed by atoms with Crippen LogP contribution in [0.1, 0.15) is 25.3 Å². The highest BCUT2D eigenvalue weighted by Gasteiger charge is 2.28. The van der Waals surface area contributed by atoms with Crippen molar-refractivity contribution in [2.24, 2.45) is 0 Å². The molecule has 0 saturated carbocycles. The summed E-state index contributed by atoms with van der Waals surface area (Å²) in [6.07, 6.45) is 2.59. The summed E-state index contributed by atoms with van der Waals surface area (Å²) in [5.41, 5.74) is 0.890. The molecule has 2 rings (SSSR count). The van der Waals surface area contributed by atoms with E-state index in [4.69, 9.17) is 4.74 Å². The summed E-state index contributed by atoms with van der Waals surface area (Å²) in [6.45, 7) is 3.97. The number of methoxy groups -OCH3 is 1. The molecule has 100 valence electrons. The summed E-state index contributed by atoms with van der Waals surface area (Å²) >= 11 is 2.04. The van der Waals surface area contributed by atoms with Crippen LogP contribution in [0.2, 0.25) is 0 Å². The first kappa shape index (κ1) is 13.6. The van der Waals surface area contributed by atoms with E-state index >= 15 is 0 Å². The highest BCUT2D eigenvalue weighted by atomic mass is 32.2. The molecule has 1 aliphatic rings. The van der Waals surface area contributed by atoms with E-state index in [-0.39, 0.29) is 0 Å². The first-order chi connectivity index (χ1) is 8.63. The van der Waals surface area contributed by atoms with E-state index < -0.39 is 0 Å². The third-order valence-corrected chi connectivity index (χ3v) is 4.94. The smallest absolute Gasteiger partial charge is 0.120 e. The van der Waals surface area contributed by atoms with Crippen molar-refractivity contribution in [1.82, 2.24) is 5.32 Å². The number of nitrogens with one attached hydrogen (secondary N) is 1. The van der Waals surface area contributed by atoms with Crippen molar-refractivity contribution in [1.29, 1.82) is 0 Å². The zero-order chi connectivity index (χ0) is 13.0. The topological polar surface area (TPSA) is 41.5 Å². The molecule has 0 aromatic heterocycles. The number of hydrogen-bond acceptors (Lipinski definition) is 4. The van der Waals surface area contributed by atoms with Gasteiger partial charge in [-0.1, -0.05) is 0 Å². The molecule has 1 saturated heterocycles. The molecular formula is C14H21NO2S. The number of rotatable bonds is 5. The van der Waals surface area contributed by atoms with Crippen LogP contribution in [-0.4, -0.2) is 29.3 Å². The van der Waals surface area contributed by atoms with Gasteiger partial charge in [0.1, 0.15) is 11.5 Å². The monoisotopic (exact) mass is 267 g/mol. The third-order valence-electron chi connectivity index (χ3n) is 3.40. The van der Waals surface area contributed by atoms with E-state index in [9.17, 15) is 5.11 Å². The first-order valence-electron chi connectivity index (χ1n) is 6.33. The Balaban J connectivity index is 1.89. The van der Waals surface area contributed by atoms with Crippen molar-refractivity contribution in [3.63, 3.8) is 0 Å². The van der Waals surface area contributed by atoms with Crippen LogP contribution in [0.25, 0.3) is 0 Å². The second-order valence-corrected chi connectivity index (χ2v) is 6.68. The Kier molecular flexibility index (Phi) is 4.40. The molecule has 3 nitrogen and oxygen atoms in total. The Morgan fingerprint density at radius 1 is 1.50 bits per heavy atom. The van der Waals surface area contributed by atoms with Crippen molar-refractivity contribution in [2.45, 2.75) is 31.1 Å². The fraction of sp³-hybridized carbons (Fsp3) is 0.571. The lowest BCUT2D eigenvalue weighted by molar-refractivity contribution is 0.409. The summed E-state index contributed by atoms with van der Waals surface area (Å²) in [6, 6.07) is 5.33. The Labute approximate surface area is 113 Å². The lowest BCUT2D eigenvalue weighted by Crippen LogP contribution is -2.32. The Hall–Kier alpha value is -0.870. The number of phenolic OH excluding ortho intramolecular Hbond substituents is 1. The maximum Gasteiger partial charge on any atom is 0.120 e. The van der Waals surface area contributed by atoms with Gasteiger partial charge in [-0.2, -0.15) is 11.8 Å². The van der Waals surface area contributed by atoms with E-state index in [2.05, 4.69) is 12.2 Å². The summed E-state index contributed by atoms with van der Waals surface area (Å²) in [4.78, 5) is 0. The maximum atomic E-state index is 9.79. The fourth-order valence-corrected chi connectivity index (χ4v) is 3.54. The lowest BCUT2D eigenvalue weighted by atomic mass is 10.1. The van der Waals surface area contributed by atoms with Crippen LogP contribution in [-0.2, 0) is 6.54 Å². The zero-order valence-corrected chi connectivity index (χ0v) is 11.8. The minimum absolute atomic E-state index is 0.326. The Morgan fingerprint density at radius 2 is 2.33 bits per heavy atom. The van der Waals surface area contributed by atoms with Crippen LogP contribution < -0.4 is 10.1 Å². The van der Waals surface area contributed by atoms with Crippen molar-refractivity contribution < 1.29 is 9.84 Å². The average Bonchev–Trinajstić information content (AvgIpc) is 2.79. The van der Waals surface area contributed by atoms with E-state index in [1.54, 1.807) is 19.2 Å². The molecule has 1 heterocycles. The van der Waals surface area contributed by atoms with E-state index in [1.165, 1.54) is 18.6 Å². The second-order valence-electron chi connectivity index (χ2n) is 5.00. The van der Waals surface area contributed by atoms with Gasteiger partial charge in [-0.15, -0.1) is 0 Å².